The van der Waals surface area contributed by atoms with Gasteiger partial charge >= 0.3 is 0 Å². The zero-order chi connectivity index (χ0) is 14.8. The molecule has 0 aliphatic rings. The van der Waals surface area contributed by atoms with Crippen molar-refractivity contribution >= 4 is 33.9 Å². The maximum absolute atomic E-state index is 10.7. The summed E-state index contributed by atoms with van der Waals surface area (Å²) in [5.74, 6) is 0. The standard InChI is InChI=1S/C16H12N2O2S/c17-15-10-13(18(19)20)6-8-16(15)21-14-7-5-11-3-1-2-4-12(11)9-14/h1-10H,17H2. The SMILES string of the molecule is Nc1cc([N+](=O)[O-])ccc1Sc1ccc2ccccc2c1. The number of rotatable bonds is 3. The second-order valence-corrected chi connectivity index (χ2v) is 5.71. The third-order valence-corrected chi connectivity index (χ3v) is 4.23. The maximum Gasteiger partial charge on any atom is 0.271 e. The van der Waals surface area contributed by atoms with E-state index in [0.717, 1.165) is 15.2 Å². The van der Waals surface area contributed by atoms with Crippen LogP contribution in [0.3, 0.4) is 0 Å². The van der Waals surface area contributed by atoms with E-state index < -0.39 is 4.92 Å². The number of benzene rings is 3. The van der Waals surface area contributed by atoms with Crippen molar-refractivity contribution in [3.63, 3.8) is 0 Å². The molecule has 0 aliphatic heterocycles. The molecule has 0 spiro atoms. The zero-order valence-corrected chi connectivity index (χ0v) is 11.8. The van der Waals surface area contributed by atoms with Crippen LogP contribution in [0.2, 0.25) is 0 Å². The van der Waals surface area contributed by atoms with Gasteiger partial charge in [-0.3, -0.25) is 10.1 Å². The normalized spacial score (nSPS) is 10.7. The summed E-state index contributed by atoms with van der Waals surface area (Å²) in [5.41, 5.74) is 6.32. The number of non-ortho nitro benzene ring substituents is 1. The van der Waals surface area contributed by atoms with Gasteiger partial charge in [-0.1, -0.05) is 42.1 Å². The molecule has 2 N–H and O–H groups in total. The van der Waals surface area contributed by atoms with Crippen molar-refractivity contribution < 1.29 is 4.92 Å². The quantitative estimate of drug-likeness (QED) is 0.439. The van der Waals surface area contributed by atoms with Crippen molar-refractivity contribution in [1.29, 1.82) is 0 Å². The Morgan fingerprint density at radius 1 is 0.952 bits per heavy atom. The highest BCUT2D eigenvalue weighted by molar-refractivity contribution is 7.99. The van der Waals surface area contributed by atoms with Crippen molar-refractivity contribution in [1.82, 2.24) is 0 Å². The van der Waals surface area contributed by atoms with Crippen LogP contribution in [0.15, 0.2) is 70.5 Å². The average molecular weight is 296 g/mol. The molecule has 0 saturated heterocycles. The third kappa shape index (κ3) is 2.83. The number of nitrogen functional groups attached to an aromatic ring is 1. The molecule has 0 radical (unpaired) electrons. The number of nitrogens with two attached hydrogens (primary N) is 1. The molecule has 5 heteroatoms. The molecule has 3 aromatic carbocycles. The van der Waals surface area contributed by atoms with Gasteiger partial charge in [-0.15, -0.1) is 0 Å². The van der Waals surface area contributed by atoms with Gasteiger partial charge in [-0.25, -0.2) is 0 Å². The largest absolute Gasteiger partial charge is 0.398 e. The van der Waals surface area contributed by atoms with Gasteiger partial charge in [0.05, 0.1) is 10.6 Å². The highest BCUT2D eigenvalue weighted by Crippen LogP contribution is 2.35. The zero-order valence-electron chi connectivity index (χ0n) is 11.0. The Hall–Kier alpha value is -2.53. The van der Waals surface area contributed by atoms with Gasteiger partial charge in [-0.2, -0.15) is 0 Å². The molecule has 0 atom stereocenters. The van der Waals surface area contributed by atoms with Crippen LogP contribution in [0.4, 0.5) is 11.4 Å². The van der Waals surface area contributed by atoms with Gasteiger partial charge in [0.1, 0.15) is 0 Å². The van der Waals surface area contributed by atoms with Crippen molar-refractivity contribution in [2.45, 2.75) is 9.79 Å². The fourth-order valence-corrected chi connectivity index (χ4v) is 2.99. The van der Waals surface area contributed by atoms with Gasteiger partial charge in [0, 0.05) is 21.9 Å². The molecule has 0 unspecified atom stereocenters. The summed E-state index contributed by atoms with van der Waals surface area (Å²) in [7, 11) is 0. The van der Waals surface area contributed by atoms with E-state index in [-0.39, 0.29) is 5.69 Å². The van der Waals surface area contributed by atoms with Crippen molar-refractivity contribution in [2.75, 3.05) is 5.73 Å². The van der Waals surface area contributed by atoms with E-state index in [9.17, 15) is 10.1 Å². The summed E-state index contributed by atoms with van der Waals surface area (Å²) in [6.07, 6.45) is 0. The van der Waals surface area contributed by atoms with Gasteiger partial charge in [0.2, 0.25) is 0 Å². The Kier molecular flexibility index (Phi) is 3.50. The number of nitrogens with zero attached hydrogens (tertiary/aromatic N) is 1. The minimum Gasteiger partial charge on any atom is -0.398 e. The highest BCUT2D eigenvalue weighted by atomic mass is 32.2. The Labute approximate surface area is 125 Å². The van der Waals surface area contributed by atoms with Crippen molar-refractivity contribution in [3.05, 3.63) is 70.8 Å². The van der Waals surface area contributed by atoms with Gasteiger partial charge in [0.25, 0.3) is 5.69 Å². The van der Waals surface area contributed by atoms with Crippen LogP contribution in [0.25, 0.3) is 10.8 Å². The molecular weight excluding hydrogens is 284 g/mol. The van der Waals surface area contributed by atoms with Gasteiger partial charge in [-0.05, 0) is 29.0 Å². The van der Waals surface area contributed by atoms with E-state index in [1.165, 1.54) is 29.3 Å². The van der Waals surface area contributed by atoms with E-state index >= 15 is 0 Å². The van der Waals surface area contributed by atoms with Crippen LogP contribution in [0, 0.1) is 10.1 Å². The number of anilines is 1. The minimum atomic E-state index is -0.444. The molecule has 0 fully saturated rings. The molecule has 21 heavy (non-hydrogen) atoms. The van der Waals surface area contributed by atoms with E-state index in [4.69, 9.17) is 5.73 Å². The monoisotopic (exact) mass is 296 g/mol. The Bertz CT molecular complexity index is 833. The van der Waals surface area contributed by atoms with Crippen LogP contribution >= 0.6 is 11.8 Å². The lowest BCUT2D eigenvalue weighted by Crippen LogP contribution is -1.93. The third-order valence-electron chi connectivity index (χ3n) is 3.15. The van der Waals surface area contributed by atoms with Crippen molar-refractivity contribution in [2.24, 2.45) is 0 Å². The lowest BCUT2D eigenvalue weighted by molar-refractivity contribution is -0.384. The molecule has 0 heterocycles. The minimum absolute atomic E-state index is 0.00959. The van der Waals surface area contributed by atoms with Crippen LogP contribution in [-0.4, -0.2) is 4.92 Å². The van der Waals surface area contributed by atoms with E-state index in [1.54, 1.807) is 6.07 Å². The predicted molar refractivity (Wildman–Crippen MR) is 85.6 cm³/mol. The summed E-state index contributed by atoms with van der Waals surface area (Å²) < 4.78 is 0. The molecule has 104 valence electrons. The van der Waals surface area contributed by atoms with E-state index in [0.29, 0.717) is 5.69 Å². The molecule has 0 saturated carbocycles. The first kappa shape index (κ1) is 13.5. The number of hydrogen-bond donors (Lipinski definition) is 1. The lowest BCUT2D eigenvalue weighted by atomic mass is 10.1. The summed E-state index contributed by atoms with van der Waals surface area (Å²) >= 11 is 1.50. The molecule has 3 aromatic rings. The molecule has 0 aliphatic carbocycles. The first-order chi connectivity index (χ1) is 10.1. The lowest BCUT2D eigenvalue weighted by Gasteiger charge is -2.06. The predicted octanol–water partition coefficient (Wildman–Crippen LogP) is 4.48. The number of nitro groups is 1. The topological polar surface area (TPSA) is 69.2 Å². The van der Waals surface area contributed by atoms with Crippen LogP contribution in [-0.2, 0) is 0 Å². The number of fused-ring (bicyclic) bond motifs is 1. The first-order valence-corrected chi connectivity index (χ1v) is 7.16. The Balaban J connectivity index is 1.93. The molecular formula is C16H12N2O2S. The molecule has 0 amide bonds. The fraction of sp³-hybridized carbons (Fsp3) is 0. The summed E-state index contributed by atoms with van der Waals surface area (Å²) in [4.78, 5) is 12.1. The molecule has 4 nitrogen and oxygen atoms in total. The number of hydrogen-bond acceptors (Lipinski definition) is 4. The molecule has 0 aromatic heterocycles. The van der Waals surface area contributed by atoms with Crippen LogP contribution in [0.1, 0.15) is 0 Å². The summed E-state index contributed by atoms with van der Waals surface area (Å²) in [6, 6.07) is 18.8. The van der Waals surface area contributed by atoms with Crippen molar-refractivity contribution in [3.8, 4) is 0 Å². The second-order valence-electron chi connectivity index (χ2n) is 4.59. The summed E-state index contributed by atoms with van der Waals surface area (Å²) in [5, 5.41) is 13.0. The van der Waals surface area contributed by atoms with Crippen LogP contribution in [0.5, 0.6) is 0 Å². The van der Waals surface area contributed by atoms with Crippen LogP contribution < -0.4 is 5.73 Å². The first-order valence-electron chi connectivity index (χ1n) is 6.34. The fourth-order valence-electron chi connectivity index (χ4n) is 2.10. The van der Waals surface area contributed by atoms with E-state index in [1.807, 2.05) is 18.2 Å². The number of nitro benzene ring substituents is 1. The van der Waals surface area contributed by atoms with Gasteiger partial charge in [0.15, 0.2) is 0 Å². The highest BCUT2D eigenvalue weighted by Gasteiger charge is 2.09. The second kappa shape index (κ2) is 5.46. The molecule has 3 rings (SSSR count). The Morgan fingerprint density at radius 3 is 2.43 bits per heavy atom. The maximum atomic E-state index is 10.7. The molecule has 0 bridgehead atoms. The summed E-state index contributed by atoms with van der Waals surface area (Å²) in [6.45, 7) is 0. The van der Waals surface area contributed by atoms with E-state index in [2.05, 4.69) is 24.3 Å². The smallest absolute Gasteiger partial charge is 0.271 e. The van der Waals surface area contributed by atoms with Gasteiger partial charge < -0.3 is 5.73 Å². The Morgan fingerprint density at radius 2 is 1.71 bits per heavy atom. The average Bonchev–Trinajstić information content (AvgIpc) is 2.49.